The van der Waals surface area contributed by atoms with Gasteiger partial charge in [-0.1, -0.05) is 12.2 Å². The highest BCUT2D eigenvalue weighted by Crippen LogP contribution is 2.23. The van der Waals surface area contributed by atoms with Crippen LogP contribution in [-0.2, 0) is 0 Å². The second-order valence-electron chi connectivity index (χ2n) is 2.76. The predicted molar refractivity (Wildman–Crippen MR) is 41.2 cm³/mol. The first-order valence-electron chi connectivity index (χ1n) is 3.84. The molecular formula is C9H10N2. The van der Waals surface area contributed by atoms with Crippen molar-refractivity contribution < 1.29 is 0 Å². The third-order valence-electron chi connectivity index (χ3n) is 2.00. The Morgan fingerprint density at radius 1 is 1.36 bits per heavy atom. The maximum absolute atomic E-state index is 8.57. The number of rotatable bonds is 1. The molecule has 1 aliphatic carbocycles. The molecule has 1 unspecified atom stereocenters. The Morgan fingerprint density at radius 3 is 2.55 bits per heavy atom. The molecule has 56 valence electrons. The number of allylic oxidation sites excluding steroid dienone is 2. The zero-order chi connectivity index (χ0) is 8.10. The minimum Gasteiger partial charge on any atom is -0.197 e. The standard InChI is InChI=1S/C9H10N2/c10-6-9(7-11)8-4-2-1-3-5-8/h2,4,8-9H,1,3,5H2. The van der Waals surface area contributed by atoms with Crippen molar-refractivity contribution in [3.63, 3.8) is 0 Å². The second-order valence-corrected chi connectivity index (χ2v) is 2.76. The van der Waals surface area contributed by atoms with Crippen LogP contribution in [0.15, 0.2) is 12.2 Å². The lowest BCUT2D eigenvalue weighted by Gasteiger charge is -2.15. The zero-order valence-corrected chi connectivity index (χ0v) is 6.33. The summed E-state index contributed by atoms with van der Waals surface area (Å²) in [5, 5.41) is 17.1. The summed E-state index contributed by atoms with van der Waals surface area (Å²) in [5.74, 6) is -0.259. The molecule has 0 fully saturated rings. The van der Waals surface area contributed by atoms with E-state index < -0.39 is 5.92 Å². The van der Waals surface area contributed by atoms with E-state index in [1.807, 2.05) is 18.2 Å². The van der Waals surface area contributed by atoms with E-state index in [1.54, 1.807) is 0 Å². The van der Waals surface area contributed by atoms with Crippen LogP contribution in [0.25, 0.3) is 0 Å². The maximum Gasteiger partial charge on any atom is 0.139 e. The van der Waals surface area contributed by atoms with Crippen molar-refractivity contribution in [3.8, 4) is 12.1 Å². The Bertz CT molecular complexity index is 215. The van der Waals surface area contributed by atoms with Crippen molar-refractivity contribution in [1.82, 2.24) is 0 Å². The molecule has 1 atom stereocenters. The molecule has 1 aliphatic rings. The molecule has 0 heterocycles. The Balaban J connectivity index is 2.60. The smallest absolute Gasteiger partial charge is 0.139 e. The van der Waals surface area contributed by atoms with Gasteiger partial charge in [-0.15, -0.1) is 0 Å². The molecular weight excluding hydrogens is 136 g/mol. The summed E-state index contributed by atoms with van der Waals surface area (Å²) in [5.41, 5.74) is 0. The van der Waals surface area contributed by atoms with Crippen LogP contribution in [0.4, 0.5) is 0 Å². The molecule has 0 aromatic carbocycles. The Labute approximate surface area is 66.7 Å². The molecule has 0 amide bonds. The van der Waals surface area contributed by atoms with Crippen molar-refractivity contribution in [2.75, 3.05) is 0 Å². The van der Waals surface area contributed by atoms with Gasteiger partial charge in [0.05, 0.1) is 12.1 Å². The normalized spacial score (nSPS) is 22.6. The predicted octanol–water partition coefficient (Wildman–Crippen LogP) is 2.01. The van der Waals surface area contributed by atoms with Gasteiger partial charge in [-0.2, -0.15) is 10.5 Å². The van der Waals surface area contributed by atoms with Crippen molar-refractivity contribution in [2.45, 2.75) is 19.3 Å². The summed E-state index contributed by atoms with van der Waals surface area (Å²) < 4.78 is 0. The van der Waals surface area contributed by atoms with Crippen LogP contribution < -0.4 is 0 Å². The molecule has 11 heavy (non-hydrogen) atoms. The third-order valence-corrected chi connectivity index (χ3v) is 2.00. The van der Waals surface area contributed by atoms with E-state index in [1.165, 1.54) is 0 Å². The Morgan fingerprint density at radius 2 is 2.09 bits per heavy atom. The fourth-order valence-corrected chi connectivity index (χ4v) is 1.34. The molecule has 0 bridgehead atoms. The first kappa shape index (κ1) is 7.82. The maximum atomic E-state index is 8.57. The highest BCUT2D eigenvalue weighted by Gasteiger charge is 2.19. The molecule has 0 aromatic heterocycles. The fourth-order valence-electron chi connectivity index (χ4n) is 1.34. The topological polar surface area (TPSA) is 47.6 Å². The number of hydrogen-bond donors (Lipinski definition) is 0. The van der Waals surface area contributed by atoms with Crippen molar-refractivity contribution in [2.24, 2.45) is 11.8 Å². The summed E-state index contributed by atoms with van der Waals surface area (Å²) in [7, 11) is 0. The quantitative estimate of drug-likeness (QED) is 0.531. The van der Waals surface area contributed by atoms with E-state index in [-0.39, 0.29) is 5.92 Å². The van der Waals surface area contributed by atoms with E-state index in [0.717, 1.165) is 19.3 Å². The molecule has 2 nitrogen and oxygen atoms in total. The van der Waals surface area contributed by atoms with E-state index in [9.17, 15) is 0 Å². The minimum absolute atomic E-state index is 0.179. The van der Waals surface area contributed by atoms with Gasteiger partial charge in [-0.3, -0.25) is 0 Å². The number of nitrogens with zero attached hydrogens (tertiary/aromatic N) is 2. The summed E-state index contributed by atoms with van der Waals surface area (Å²) in [6.07, 6.45) is 7.26. The molecule has 0 radical (unpaired) electrons. The molecule has 0 N–H and O–H groups in total. The highest BCUT2D eigenvalue weighted by atomic mass is 14.3. The minimum atomic E-state index is -0.438. The zero-order valence-electron chi connectivity index (χ0n) is 6.33. The Kier molecular flexibility index (Phi) is 2.69. The van der Waals surface area contributed by atoms with Crippen LogP contribution in [0.1, 0.15) is 19.3 Å². The summed E-state index contributed by atoms with van der Waals surface area (Å²) in [4.78, 5) is 0. The van der Waals surface area contributed by atoms with Gasteiger partial charge in [0.1, 0.15) is 5.92 Å². The van der Waals surface area contributed by atoms with Gasteiger partial charge >= 0.3 is 0 Å². The van der Waals surface area contributed by atoms with Gasteiger partial charge in [0.25, 0.3) is 0 Å². The lowest BCUT2D eigenvalue weighted by atomic mass is 9.86. The largest absolute Gasteiger partial charge is 0.197 e. The lowest BCUT2D eigenvalue weighted by molar-refractivity contribution is 0.491. The van der Waals surface area contributed by atoms with Gasteiger partial charge in [0.15, 0.2) is 0 Å². The van der Waals surface area contributed by atoms with Crippen LogP contribution in [-0.4, -0.2) is 0 Å². The molecule has 0 saturated carbocycles. The van der Waals surface area contributed by atoms with Crippen LogP contribution in [0.2, 0.25) is 0 Å². The monoisotopic (exact) mass is 146 g/mol. The SMILES string of the molecule is N#CC(C#N)C1C=CCCC1. The van der Waals surface area contributed by atoms with E-state index >= 15 is 0 Å². The molecule has 0 aromatic rings. The summed E-state index contributed by atoms with van der Waals surface area (Å²) in [6, 6.07) is 4.02. The van der Waals surface area contributed by atoms with Gasteiger partial charge in [-0.25, -0.2) is 0 Å². The fraction of sp³-hybridized carbons (Fsp3) is 0.556. The average Bonchev–Trinajstić information content (AvgIpc) is 2.09. The second kappa shape index (κ2) is 3.78. The average molecular weight is 146 g/mol. The van der Waals surface area contributed by atoms with Crippen molar-refractivity contribution in [1.29, 1.82) is 10.5 Å². The van der Waals surface area contributed by atoms with Gasteiger partial charge < -0.3 is 0 Å². The number of hydrogen-bond acceptors (Lipinski definition) is 2. The van der Waals surface area contributed by atoms with E-state index in [2.05, 4.69) is 6.08 Å². The Hall–Kier alpha value is -1.28. The molecule has 0 spiro atoms. The van der Waals surface area contributed by atoms with Crippen LogP contribution >= 0.6 is 0 Å². The summed E-state index contributed by atoms with van der Waals surface area (Å²) in [6.45, 7) is 0. The van der Waals surface area contributed by atoms with E-state index in [0.29, 0.717) is 0 Å². The first-order chi connectivity index (χ1) is 5.38. The highest BCUT2D eigenvalue weighted by molar-refractivity contribution is 5.09. The van der Waals surface area contributed by atoms with Crippen LogP contribution in [0.3, 0.4) is 0 Å². The van der Waals surface area contributed by atoms with Gasteiger partial charge in [-0.05, 0) is 19.3 Å². The third kappa shape index (κ3) is 1.82. The lowest BCUT2D eigenvalue weighted by Crippen LogP contribution is -2.10. The summed E-state index contributed by atoms with van der Waals surface area (Å²) >= 11 is 0. The molecule has 0 aliphatic heterocycles. The van der Waals surface area contributed by atoms with Gasteiger partial charge in [0.2, 0.25) is 0 Å². The first-order valence-corrected chi connectivity index (χ1v) is 3.84. The van der Waals surface area contributed by atoms with Crippen LogP contribution in [0, 0.1) is 34.5 Å². The van der Waals surface area contributed by atoms with Crippen molar-refractivity contribution >= 4 is 0 Å². The number of nitriles is 2. The van der Waals surface area contributed by atoms with Gasteiger partial charge in [0, 0.05) is 5.92 Å². The van der Waals surface area contributed by atoms with Crippen LogP contribution in [0.5, 0.6) is 0 Å². The molecule has 1 rings (SSSR count). The molecule has 0 saturated heterocycles. The van der Waals surface area contributed by atoms with Crippen molar-refractivity contribution in [3.05, 3.63) is 12.2 Å². The molecule has 2 heteroatoms. The van der Waals surface area contributed by atoms with E-state index in [4.69, 9.17) is 10.5 Å².